The van der Waals surface area contributed by atoms with Crippen molar-refractivity contribution in [3.05, 3.63) is 29.8 Å². The molecule has 1 heterocycles. The van der Waals surface area contributed by atoms with Gasteiger partial charge in [-0.2, -0.15) is 13.2 Å². The van der Waals surface area contributed by atoms with Crippen molar-refractivity contribution in [2.45, 2.75) is 12.3 Å². The fraction of sp³-hybridized carbons (Fsp3) is 0.333. The number of hydrogen-bond acceptors (Lipinski definition) is 2. The Balaban J connectivity index is 2.62. The van der Waals surface area contributed by atoms with Gasteiger partial charge in [-0.1, -0.05) is 6.07 Å². The Bertz CT molecular complexity index is 410. The molecule has 0 aliphatic carbocycles. The average Bonchev–Trinajstić information content (AvgIpc) is 2.25. The van der Waals surface area contributed by atoms with Gasteiger partial charge < -0.3 is 5.32 Å². The van der Waals surface area contributed by atoms with Gasteiger partial charge >= 0.3 is 12.3 Å². The van der Waals surface area contributed by atoms with Crippen LogP contribution < -0.4 is 5.32 Å². The number of hydrogen-bond donors (Lipinski definition) is 1. The lowest BCUT2D eigenvalue weighted by atomic mass is 10.3. The molecule has 0 aliphatic heterocycles. The van der Waals surface area contributed by atoms with Crippen LogP contribution in [-0.4, -0.2) is 29.8 Å². The number of halogens is 5. The number of carbonyl (C=O) groups is 1. The molecule has 0 aliphatic rings. The van der Waals surface area contributed by atoms with E-state index in [4.69, 9.17) is 0 Å². The number of pyridine rings is 1. The second-order valence-corrected chi connectivity index (χ2v) is 3.09. The molecular weight excluding hydrogens is 247 g/mol. The molecule has 0 saturated carbocycles. The van der Waals surface area contributed by atoms with Gasteiger partial charge in [-0.15, -0.1) is 0 Å². The summed E-state index contributed by atoms with van der Waals surface area (Å²) < 4.78 is 61.0. The van der Waals surface area contributed by atoms with Crippen molar-refractivity contribution in [2.24, 2.45) is 0 Å². The van der Waals surface area contributed by atoms with Gasteiger partial charge in [0.2, 0.25) is 5.95 Å². The van der Waals surface area contributed by atoms with Crippen molar-refractivity contribution < 1.29 is 26.7 Å². The molecule has 0 atom stereocenters. The number of aromatic nitrogens is 1. The van der Waals surface area contributed by atoms with E-state index in [-0.39, 0.29) is 0 Å². The molecule has 0 unspecified atom stereocenters. The van der Waals surface area contributed by atoms with E-state index in [1.165, 1.54) is 0 Å². The molecule has 17 heavy (non-hydrogen) atoms. The van der Waals surface area contributed by atoms with Crippen LogP contribution >= 0.6 is 0 Å². The Morgan fingerprint density at radius 1 is 1.41 bits per heavy atom. The van der Waals surface area contributed by atoms with E-state index >= 15 is 0 Å². The summed E-state index contributed by atoms with van der Waals surface area (Å²) in [7, 11) is 0. The molecule has 0 saturated heterocycles. The minimum Gasteiger partial charge on any atom is -0.344 e. The zero-order chi connectivity index (χ0) is 13.1. The molecular formula is C9H7F5N2O. The predicted molar refractivity (Wildman–Crippen MR) is 47.5 cm³/mol. The fourth-order valence-electron chi connectivity index (χ4n) is 0.901. The normalized spacial score (nSPS) is 11.6. The number of rotatable bonds is 4. The molecule has 0 spiro atoms. The first-order valence-electron chi connectivity index (χ1n) is 4.39. The van der Waals surface area contributed by atoms with E-state index in [9.17, 15) is 26.7 Å². The molecule has 0 fully saturated rings. The summed E-state index contributed by atoms with van der Waals surface area (Å²) in [5, 5.41) is 1.55. The molecule has 0 radical (unpaired) electrons. The van der Waals surface area contributed by atoms with E-state index in [1.54, 1.807) is 5.32 Å². The van der Waals surface area contributed by atoms with Crippen molar-refractivity contribution in [1.29, 1.82) is 0 Å². The third-order valence-corrected chi connectivity index (χ3v) is 1.75. The Morgan fingerprint density at radius 3 is 2.59 bits per heavy atom. The largest absolute Gasteiger partial charge is 0.344 e. The monoisotopic (exact) mass is 254 g/mol. The van der Waals surface area contributed by atoms with Crippen LogP contribution in [-0.2, 0) is 0 Å². The van der Waals surface area contributed by atoms with Crippen molar-refractivity contribution in [2.75, 3.05) is 6.54 Å². The number of alkyl halides is 4. The molecule has 1 amide bonds. The van der Waals surface area contributed by atoms with Crippen LogP contribution in [0.1, 0.15) is 10.5 Å². The van der Waals surface area contributed by atoms with E-state index in [0.29, 0.717) is 0 Å². The summed E-state index contributed by atoms with van der Waals surface area (Å²) in [6.07, 6.45) is -3.89. The summed E-state index contributed by atoms with van der Waals surface area (Å²) >= 11 is 0. The Labute approximate surface area is 92.6 Å². The van der Waals surface area contributed by atoms with E-state index in [1.807, 2.05) is 0 Å². The third kappa shape index (κ3) is 3.65. The maximum Gasteiger partial charge on any atom is 0.324 e. The van der Waals surface area contributed by atoms with Gasteiger partial charge in [0.1, 0.15) is 5.69 Å². The number of nitrogens with zero attached hydrogens (tertiary/aromatic N) is 1. The molecule has 0 bridgehead atoms. The summed E-state index contributed by atoms with van der Waals surface area (Å²) in [5.41, 5.74) is -0.463. The van der Waals surface area contributed by atoms with Gasteiger partial charge in [-0.3, -0.25) is 4.79 Å². The molecule has 1 rings (SSSR count). The van der Waals surface area contributed by atoms with Crippen LogP contribution in [0.2, 0.25) is 0 Å². The van der Waals surface area contributed by atoms with Crippen LogP contribution in [0.15, 0.2) is 18.2 Å². The Hall–Kier alpha value is -1.73. The van der Waals surface area contributed by atoms with Crippen LogP contribution in [0.4, 0.5) is 22.0 Å². The molecule has 94 valence electrons. The van der Waals surface area contributed by atoms with Crippen LogP contribution in [0, 0.1) is 5.95 Å². The van der Waals surface area contributed by atoms with Crippen LogP contribution in [0.5, 0.6) is 0 Å². The van der Waals surface area contributed by atoms with Gasteiger partial charge in [-0.25, -0.2) is 13.8 Å². The highest BCUT2D eigenvalue weighted by Crippen LogP contribution is 2.21. The minimum atomic E-state index is -4.33. The maximum atomic E-state index is 12.6. The average molecular weight is 254 g/mol. The van der Waals surface area contributed by atoms with Crippen LogP contribution in [0.3, 0.4) is 0 Å². The first kappa shape index (κ1) is 13.3. The van der Waals surface area contributed by atoms with Gasteiger partial charge in [0.15, 0.2) is 0 Å². The van der Waals surface area contributed by atoms with Crippen molar-refractivity contribution in [3.63, 3.8) is 0 Å². The second-order valence-electron chi connectivity index (χ2n) is 3.09. The highest BCUT2D eigenvalue weighted by Gasteiger charge is 2.40. The molecule has 3 nitrogen and oxygen atoms in total. The molecule has 0 aromatic carbocycles. The minimum absolute atomic E-state index is 0.463. The highest BCUT2D eigenvalue weighted by molar-refractivity contribution is 5.92. The zero-order valence-corrected chi connectivity index (χ0v) is 8.26. The van der Waals surface area contributed by atoms with Gasteiger partial charge in [0, 0.05) is 0 Å². The van der Waals surface area contributed by atoms with Gasteiger partial charge in [0.25, 0.3) is 5.91 Å². The molecule has 1 N–H and O–H groups in total. The maximum absolute atomic E-state index is 12.6. The summed E-state index contributed by atoms with van der Waals surface area (Å²) in [5.74, 6) is -6.45. The Morgan fingerprint density at radius 2 is 2.06 bits per heavy atom. The Kier molecular flexibility index (Phi) is 3.97. The van der Waals surface area contributed by atoms with Crippen molar-refractivity contribution >= 4 is 5.91 Å². The molecule has 1 aromatic rings. The summed E-state index contributed by atoms with van der Waals surface area (Å²) in [4.78, 5) is 14.3. The van der Waals surface area contributed by atoms with Crippen molar-refractivity contribution in [3.8, 4) is 0 Å². The lowest BCUT2D eigenvalue weighted by molar-refractivity contribution is -0.123. The fourth-order valence-corrected chi connectivity index (χ4v) is 0.901. The lowest BCUT2D eigenvalue weighted by Crippen LogP contribution is -2.41. The number of amides is 1. The number of nitrogens with one attached hydrogen (secondary N) is 1. The second kappa shape index (κ2) is 5.07. The summed E-state index contributed by atoms with van der Waals surface area (Å²) in [6.45, 7) is -1.54. The standard InChI is InChI=1S/C9H7F5N2O/c10-6-3-1-2-5(16-6)7(17)15-4-9(13,14)8(11)12/h1-3,8H,4H2,(H,15,17). The van der Waals surface area contributed by atoms with Gasteiger partial charge in [0.05, 0.1) is 6.54 Å². The topological polar surface area (TPSA) is 42.0 Å². The quantitative estimate of drug-likeness (QED) is 0.658. The lowest BCUT2D eigenvalue weighted by Gasteiger charge is -2.15. The third-order valence-electron chi connectivity index (χ3n) is 1.75. The number of carbonyl (C=O) groups excluding carboxylic acids is 1. The first-order valence-corrected chi connectivity index (χ1v) is 4.39. The predicted octanol–water partition coefficient (Wildman–Crippen LogP) is 1.85. The smallest absolute Gasteiger partial charge is 0.324 e. The van der Waals surface area contributed by atoms with E-state index in [2.05, 4.69) is 4.98 Å². The van der Waals surface area contributed by atoms with E-state index < -0.39 is 36.4 Å². The first-order chi connectivity index (χ1) is 7.83. The SMILES string of the molecule is O=C(NCC(F)(F)C(F)F)c1cccc(F)n1. The molecule has 8 heteroatoms. The van der Waals surface area contributed by atoms with Crippen molar-refractivity contribution in [1.82, 2.24) is 10.3 Å². The zero-order valence-electron chi connectivity index (χ0n) is 8.26. The van der Waals surface area contributed by atoms with Gasteiger partial charge in [-0.05, 0) is 12.1 Å². The molecule has 1 aromatic heterocycles. The summed E-state index contributed by atoms with van der Waals surface area (Å²) in [6, 6.07) is 3.16. The highest BCUT2D eigenvalue weighted by atomic mass is 19.3. The van der Waals surface area contributed by atoms with E-state index in [0.717, 1.165) is 18.2 Å². The van der Waals surface area contributed by atoms with Crippen LogP contribution in [0.25, 0.3) is 0 Å².